The fourth-order valence-corrected chi connectivity index (χ4v) is 6.72. The number of rotatable bonds is 10. The minimum Gasteiger partial charge on any atom is -0.465 e. The van der Waals surface area contributed by atoms with Gasteiger partial charge in [-0.1, -0.05) is 34.5 Å². The molecular weight excluding hydrogens is 573 g/mol. The van der Waals surface area contributed by atoms with Crippen molar-refractivity contribution >= 4 is 66.7 Å². The van der Waals surface area contributed by atoms with Crippen molar-refractivity contribution < 1.29 is 22.7 Å². The summed E-state index contributed by atoms with van der Waals surface area (Å²) in [5, 5.41) is 18.3. The van der Waals surface area contributed by atoms with Crippen LogP contribution in [0.15, 0.2) is 46.3 Å². The molecule has 0 saturated heterocycles. The van der Waals surface area contributed by atoms with E-state index in [1.54, 1.807) is 13.0 Å². The second-order valence-corrected chi connectivity index (χ2v) is 11.5. The minimum atomic E-state index is -3.99. The second kappa shape index (κ2) is 13.0. The van der Waals surface area contributed by atoms with E-state index in [4.69, 9.17) is 38.5 Å². The first-order valence-corrected chi connectivity index (χ1v) is 14.2. The highest BCUT2D eigenvalue weighted by atomic mass is 35.5. The third kappa shape index (κ3) is 6.78. The van der Waals surface area contributed by atoms with E-state index in [-0.39, 0.29) is 59.4 Å². The quantitative estimate of drug-likeness (QED) is 0.321. The van der Waals surface area contributed by atoms with E-state index in [1.165, 1.54) is 34.9 Å². The second-order valence-electron chi connectivity index (χ2n) is 7.67. The van der Waals surface area contributed by atoms with Gasteiger partial charge in [0.1, 0.15) is 6.54 Å². The summed E-state index contributed by atoms with van der Waals surface area (Å²) >= 11 is 13.6. The Bertz CT molecular complexity index is 1600. The van der Waals surface area contributed by atoms with Crippen LogP contribution in [0, 0.1) is 22.7 Å². The maximum atomic E-state index is 13.0. The van der Waals surface area contributed by atoms with Crippen molar-refractivity contribution in [3.63, 3.8) is 0 Å². The smallest absolute Gasteiger partial charge is 0.326 e. The van der Waals surface area contributed by atoms with Crippen molar-refractivity contribution in [3.05, 3.63) is 56.8 Å². The van der Waals surface area contributed by atoms with E-state index in [0.29, 0.717) is 15.2 Å². The molecule has 0 aliphatic heterocycles. The lowest BCUT2D eigenvalue weighted by molar-refractivity contribution is -0.143. The van der Waals surface area contributed by atoms with Crippen LogP contribution in [-0.4, -0.2) is 48.9 Å². The van der Waals surface area contributed by atoms with E-state index >= 15 is 0 Å². The summed E-state index contributed by atoms with van der Waals surface area (Å²) in [6, 6.07) is 12.1. The van der Waals surface area contributed by atoms with E-state index < -0.39 is 21.9 Å². The number of benzene rings is 2. The molecule has 198 valence electrons. The first-order valence-electron chi connectivity index (χ1n) is 11.2. The summed E-state index contributed by atoms with van der Waals surface area (Å²) < 4.78 is 34.2. The largest absolute Gasteiger partial charge is 0.465 e. The number of sulfonamides is 1. The molecule has 0 aliphatic carbocycles. The number of fused-ring (bicyclic) bond motifs is 1. The molecule has 0 aliphatic rings. The third-order valence-electron chi connectivity index (χ3n) is 5.17. The molecule has 0 bridgehead atoms. The average Bonchev–Trinajstić information content (AvgIpc) is 3.20. The summed E-state index contributed by atoms with van der Waals surface area (Å²) in [5.41, 5.74) is 0.575. The first kappa shape index (κ1) is 29.3. The topological polar surface area (TPSA) is 146 Å². The Labute approximate surface area is 232 Å². The Morgan fingerprint density at radius 3 is 2.32 bits per heavy atom. The van der Waals surface area contributed by atoms with Crippen molar-refractivity contribution in [2.24, 2.45) is 4.99 Å². The predicted octanol–water partition coefficient (Wildman–Crippen LogP) is 4.13. The Morgan fingerprint density at radius 2 is 1.74 bits per heavy atom. The first-order chi connectivity index (χ1) is 18.1. The highest BCUT2D eigenvalue weighted by Crippen LogP contribution is 2.30. The Morgan fingerprint density at radius 1 is 1.11 bits per heavy atom. The summed E-state index contributed by atoms with van der Waals surface area (Å²) in [6.45, 7) is 1.49. The van der Waals surface area contributed by atoms with Gasteiger partial charge in [-0.2, -0.15) is 19.8 Å². The molecule has 0 spiro atoms. The van der Waals surface area contributed by atoms with Gasteiger partial charge in [-0.25, -0.2) is 8.42 Å². The highest BCUT2D eigenvalue weighted by Gasteiger charge is 2.24. The monoisotopic (exact) mass is 593 g/mol. The summed E-state index contributed by atoms with van der Waals surface area (Å²) in [4.78, 5) is 29.5. The lowest BCUT2D eigenvalue weighted by Crippen LogP contribution is -2.32. The number of amides is 1. The van der Waals surface area contributed by atoms with Gasteiger partial charge in [0, 0.05) is 36.5 Å². The molecule has 0 atom stereocenters. The molecule has 3 rings (SSSR count). The van der Waals surface area contributed by atoms with Gasteiger partial charge >= 0.3 is 5.97 Å². The molecule has 10 nitrogen and oxygen atoms in total. The number of nitrogens with zero attached hydrogens (tertiary/aromatic N) is 5. The lowest BCUT2D eigenvalue weighted by Gasteiger charge is -2.20. The van der Waals surface area contributed by atoms with Gasteiger partial charge in [0.15, 0.2) is 4.80 Å². The van der Waals surface area contributed by atoms with Crippen molar-refractivity contribution in [2.75, 3.05) is 19.7 Å². The molecule has 0 fully saturated rings. The fraction of sp³-hybridized carbons (Fsp3) is 0.292. The van der Waals surface area contributed by atoms with Crippen LogP contribution in [0.2, 0.25) is 10.0 Å². The summed E-state index contributed by atoms with van der Waals surface area (Å²) in [5.74, 6) is -1.22. The van der Waals surface area contributed by atoms with Gasteiger partial charge < -0.3 is 9.30 Å². The molecule has 0 saturated carbocycles. The molecule has 38 heavy (non-hydrogen) atoms. The molecule has 2 aromatic carbocycles. The number of carbonyl (C=O) groups is 2. The van der Waals surface area contributed by atoms with E-state index in [9.17, 15) is 18.0 Å². The maximum absolute atomic E-state index is 13.0. The molecule has 14 heteroatoms. The van der Waals surface area contributed by atoms with Crippen molar-refractivity contribution in [3.8, 4) is 12.1 Å². The number of halogens is 2. The molecule has 1 aromatic heterocycles. The van der Waals surface area contributed by atoms with E-state index in [0.717, 1.165) is 15.6 Å². The number of hydrogen-bond acceptors (Lipinski definition) is 8. The zero-order chi connectivity index (χ0) is 27.9. The maximum Gasteiger partial charge on any atom is 0.326 e. The number of nitriles is 2. The van der Waals surface area contributed by atoms with Crippen molar-refractivity contribution in [1.82, 2.24) is 8.87 Å². The standard InChI is InChI=1S/C24H21Cl2N5O5S2/c1-2-36-21(32)15-31-22-19(26)13-17(25)14-20(22)37-24(31)29-23(33)16-5-7-18(8-6-16)38(34,35)30(11-3-9-27)12-4-10-28/h5-8,13-14H,2-4,11-12,15H2,1H3. The lowest BCUT2D eigenvalue weighted by atomic mass is 10.2. The van der Waals surface area contributed by atoms with Crippen LogP contribution in [0.25, 0.3) is 10.2 Å². The van der Waals surface area contributed by atoms with Crippen LogP contribution in [0.1, 0.15) is 30.1 Å². The van der Waals surface area contributed by atoms with Crippen LogP contribution < -0.4 is 4.80 Å². The van der Waals surface area contributed by atoms with Crippen molar-refractivity contribution in [2.45, 2.75) is 31.2 Å². The van der Waals surface area contributed by atoms with Crippen LogP contribution in [0.5, 0.6) is 0 Å². The third-order valence-corrected chi connectivity index (χ3v) is 8.61. The Kier molecular flexibility index (Phi) is 10.0. The molecule has 0 radical (unpaired) electrons. The van der Waals surface area contributed by atoms with E-state index in [2.05, 4.69) is 4.99 Å². The zero-order valence-corrected chi connectivity index (χ0v) is 23.2. The van der Waals surface area contributed by atoms with Gasteiger partial charge in [-0.3, -0.25) is 9.59 Å². The number of hydrogen-bond donors (Lipinski definition) is 0. The fourth-order valence-electron chi connectivity index (χ4n) is 3.47. The van der Waals surface area contributed by atoms with Crippen molar-refractivity contribution in [1.29, 1.82) is 10.5 Å². The normalized spacial score (nSPS) is 11.9. The van der Waals surface area contributed by atoms with Gasteiger partial charge in [-0.05, 0) is 43.3 Å². The van der Waals surface area contributed by atoms with Crippen LogP contribution in [0.4, 0.5) is 0 Å². The number of ether oxygens (including phenoxy) is 1. The van der Waals surface area contributed by atoms with Gasteiger partial charge in [-0.15, -0.1) is 0 Å². The molecular formula is C24H21Cl2N5O5S2. The minimum absolute atomic E-state index is 0.0314. The predicted molar refractivity (Wildman–Crippen MR) is 142 cm³/mol. The number of aromatic nitrogens is 1. The number of carbonyl (C=O) groups excluding carboxylic acids is 2. The molecule has 3 aromatic rings. The average molecular weight is 595 g/mol. The number of esters is 1. The summed E-state index contributed by atoms with van der Waals surface area (Å²) in [7, 11) is -3.99. The molecule has 0 N–H and O–H groups in total. The van der Waals surface area contributed by atoms with Crippen LogP contribution in [0.3, 0.4) is 0 Å². The van der Waals surface area contributed by atoms with Crippen LogP contribution in [-0.2, 0) is 26.1 Å². The number of thiazole rings is 1. The zero-order valence-electron chi connectivity index (χ0n) is 20.1. The molecule has 1 amide bonds. The summed E-state index contributed by atoms with van der Waals surface area (Å²) in [6.07, 6.45) is -0.0629. The van der Waals surface area contributed by atoms with Gasteiger partial charge in [0.2, 0.25) is 10.0 Å². The Balaban J connectivity index is 1.99. The van der Waals surface area contributed by atoms with Gasteiger partial charge in [0.05, 0.1) is 38.9 Å². The Hall–Kier alpha value is -3.26. The molecule has 0 unspecified atom stereocenters. The van der Waals surface area contributed by atoms with Gasteiger partial charge in [0.25, 0.3) is 5.91 Å². The van der Waals surface area contributed by atoms with E-state index in [1.807, 2.05) is 12.1 Å². The highest BCUT2D eigenvalue weighted by molar-refractivity contribution is 7.89. The molecule has 1 heterocycles. The van der Waals surface area contributed by atoms with Crippen LogP contribution >= 0.6 is 34.5 Å². The SMILES string of the molecule is CCOC(=O)Cn1c(=NC(=O)c2ccc(S(=O)(=O)N(CCC#N)CCC#N)cc2)sc2cc(Cl)cc(Cl)c21.